The van der Waals surface area contributed by atoms with Crippen LogP contribution in [0.25, 0.3) is 11.3 Å². The number of nitrogens with one attached hydrogen (secondary N) is 4. The van der Waals surface area contributed by atoms with Gasteiger partial charge in [0.2, 0.25) is 0 Å². The van der Waals surface area contributed by atoms with Gasteiger partial charge in [-0.3, -0.25) is 14.7 Å². The number of benzene rings is 1. The number of piperidine rings is 2. The van der Waals surface area contributed by atoms with Crippen LogP contribution in [-0.2, 0) is 4.79 Å². The first-order chi connectivity index (χ1) is 17.1. The fraction of sp³-hybridized carbons (Fsp3) is 0.423. The minimum absolute atomic E-state index is 0.0235. The Balaban J connectivity index is 1.32. The number of pyridine rings is 1. The monoisotopic (exact) mass is 490 g/mol. The molecule has 0 saturated carbocycles. The van der Waals surface area contributed by atoms with Crippen LogP contribution in [0.15, 0.2) is 53.1 Å². The maximum absolute atomic E-state index is 13.5. The van der Waals surface area contributed by atoms with Crippen LogP contribution in [0.3, 0.4) is 0 Å². The number of carbonyl (C=O) groups excluding carboxylic acids is 2. The SMILES string of the molecule is Cc1cc(N2C(=O)NC3=C(C(=O)NC4CCCNC4)SC4NCCC2C34)cc(-c2ccccc2)n1. The van der Waals surface area contributed by atoms with Crippen LogP contribution in [0, 0.1) is 12.8 Å². The molecule has 4 N–H and O–H groups in total. The second-order valence-electron chi connectivity index (χ2n) is 9.65. The first kappa shape index (κ1) is 22.6. The zero-order valence-electron chi connectivity index (χ0n) is 19.7. The maximum Gasteiger partial charge on any atom is 0.326 e. The summed E-state index contributed by atoms with van der Waals surface area (Å²) in [6, 6.07) is 13.9. The molecule has 1 aromatic carbocycles. The molecule has 3 saturated heterocycles. The summed E-state index contributed by atoms with van der Waals surface area (Å²) in [5.74, 6) is -0.0427. The van der Waals surface area contributed by atoms with Gasteiger partial charge < -0.3 is 21.3 Å². The van der Waals surface area contributed by atoms with Gasteiger partial charge in [0.15, 0.2) is 0 Å². The van der Waals surface area contributed by atoms with Crippen molar-refractivity contribution in [3.8, 4) is 11.3 Å². The van der Waals surface area contributed by atoms with Crippen LogP contribution in [0.5, 0.6) is 0 Å². The summed E-state index contributed by atoms with van der Waals surface area (Å²) < 4.78 is 0. The minimum atomic E-state index is -0.182. The van der Waals surface area contributed by atoms with Crippen molar-refractivity contribution in [1.82, 2.24) is 26.3 Å². The molecule has 35 heavy (non-hydrogen) atoms. The van der Waals surface area contributed by atoms with Gasteiger partial charge in [-0.1, -0.05) is 42.1 Å². The molecule has 4 aliphatic rings. The van der Waals surface area contributed by atoms with Crippen molar-refractivity contribution in [1.29, 1.82) is 0 Å². The van der Waals surface area contributed by atoms with Crippen LogP contribution in [-0.4, -0.2) is 54.0 Å². The molecule has 2 aromatic rings. The van der Waals surface area contributed by atoms with Crippen molar-refractivity contribution in [3.63, 3.8) is 0 Å². The predicted molar refractivity (Wildman–Crippen MR) is 138 cm³/mol. The normalized spacial score (nSPS) is 27.9. The number of anilines is 1. The fourth-order valence-corrected chi connectivity index (χ4v) is 7.09. The molecule has 0 aliphatic carbocycles. The third kappa shape index (κ3) is 4.22. The minimum Gasteiger partial charge on any atom is -0.348 e. The molecule has 0 radical (unpaired) electrons. The van der Waals surface area contributed by atoms with E-state index in [2.05, 4.69) is 21.3 Å². The summed E-state index contributed by atoms with van der Waals surface area (Å²) >= 11 is 1.55. The Hall–Kier alpha value is -2.88. The van der Waals surface area contributed by atoms with Gasteiger partial charge in [-0.25, -0.2) is 4.79 Å². The lowest BCUT2D eigenvalue weighted by Crippen LogP contribution is -2.62. The van der Waals surface area contributed by atoms with Crippen molar-refractivity contribution in [2.45, 2.75) is 43.6 Å². The van der Waals surface area contributed by atoms with Gasteiger partial charge in [-0.05, 0) is 51.4 Å². The van der Waals surface area contributed by atoms with E-state index in [1.165, 1.54) is 0 Å². The van der Waals surface area contributed by atoms with Gasteiger partial charge in [0, 0.05) is 41.1 Å². The molecule has 4 aliphatic heterocycles. The van der Waals surface area contributed by atoms with E-state index in [9.17, 15) is 9.59 Å². The van der Waals surface area contributed by atoms with E-state index in [1.807, 2.05) is 54.3 Å². The van der Waals surface area contributed by atoms with E-state index in [4.69, 9.17) is 4.98 Å². The topological polar surface area (TPSA) is 98.4 Å². The van der Waals surface area contributed by atoms with Gasteiger partial charge in [-0.2, -0.15) is 0 Å². The molecule has 5 heterocycles. The number of aromatic nitrogens is 1. The largest absolute Gasteiger partial charge is 0.348 e. The number of carbonyl (C=O) groups is 2. The lowest BCUT2D eigenvalue weighted by atomic mass is 9.86. The summed E-state index contributed by atoms with van der Waals surface area (Å²) in [6.07, 6.45) is 2.86. The smallest absolute Gasteiger partial charge is 0.326 e. The Morgan fingerprint density at radius 2 is 2.03 bits per heavy atom. The second-order valence-corrected chi connectivity index (χ2v) is 10.8. The van der Waals surface area contributed by atoms with Crippen LogP contribution < -0.4 is 26.2 Å². The molecule has 3 amide bonds. The Morgan fingerprint density at radius 3 is 2.83 bits per heavy atom. The van der Waals surface area contributed by atoms with E-state index in [0.29, 0.717) is 4.91 Å². The Morgan fingerprint density at radius 1 is 1.17 bits per heavy atom. The quantitative estimate of drug-likeness (QED) is 0.526. The highest BCUT2D eigenvalue weighted by Gasteiger charge is 2.51. The molecule has 182 valence electrons. The zero-order chi connectivity index (χ0) is 23.9. The van der Waals surface area contributed by atoms with Crippen LogP contribution >= 0.6 is 11.8 Å². The summed E-state index contributed by atoms with van der Waals surface area (Å²) in [7, 11) is 0. The van der Waals surface area contributed by atoms with Gasteiger partial charge in [-0.15, -0.1) is 0 Å². The molecular weight excluding hydrogens is 460 g/mol. The maximum atomic E-state index is 13.5. The van der Waals surface area contributed by atoms with E-state index >= 15 is 0 Å². The lowest BCUT2D eigenvalue weighted by molar-refractivity contribution is -0.117. The van der Waals surface area contributed by atoms with E-state index in [-0.39, 0.29) is 35.3 Å². The lowest BCUT2D eigenvalue weighted by Gasteiger charge is -2.45. The molecule has 9 heteroatoms. The van der Waals surface area contributed by atoms with Crippen molar-refractivity contribution in [2.75, 3.05) is 24.5 Å². The van der Waals surface area contributed by atoms with Crippen LogP contribution in [0.1, 0.15) is 25.0 Å². The molecule has 1 aromatic heterocycles. The van der Waals surface area contributed by atoms with E-state index < -0.39 is 0 Å². The van der Waals surface area contributed by atoms with Gasteiger partial charge in [0.05, 0.1) is 22.0 Å². The molecule has 4 unspecified atom stereocenters. The third-order valence-electron chi connectivity index (χ3n) is 7.27. The predicted octanol–water partition coefficient (Wildman–Crippen LogP) is 2.72. The number of hydrogen-bond acceptors (Lipinski definition) is 6. The average molecular weight is 491 g/mol. The highest BCUT2D eigenvalue weighted by atomic mass is 32.2. The van der Waals surface area contributed by atoms with Crippen LogP contribution in [0.4, 0.5) is 10.5 Å². The standard InChI is InChI=1S/C26H30N6O2S/c1-15-12-18(13-19(29-15)16-6-3-2-4-7-16)32-20-9-11-28-25-21(20)22(31-26(32)34)23(35-25)24(33)30-17-8-5-10-27-14-17/h2-4,6-7,12-13,17,20-21,25,27-28H,5,8-11,14H2,1H3,(H,30,33)(H,31,34). The van der Waals surface area contributed by atoms with Crippen LogP contribution in [0.2, 0.25) is 0 Å². The molecule has 0 bridgehead atoms. The molecular formula is C26H30N6O2S. The molecule has 4 atom stereocenters. The Kier molecular flexibility index (Phi) is 5.99. The number of aryl methyl sites for hydroxylation is 1. The van der Waals surface area contributed by atoms with Gasteiger partial charge >= 0.3 is 6.03 Å². The second kappa shape index (κ2) is 9.29. The molecule has 6 rings (SSSR count). The average Bonchev–Trinajstić information content (AvgIpc) is 3.24. The van der Waals surface area contributed by atoms with Gasteiger partial charge in [0.1, 0.15) is 0 Å². The number of rotatable bonds is 4. The third-order valence-corrected chi connectivity index (χ3v) is 8.62. The highest BCUT2D eigenvalue weighted by molar-refractivity contribution is 8.04. The summed E-state index contributed by atoms with van der Waals surface area (Å²) in [5.41, 5.74) is 4.35. The number of hydrogen-bond donors (Lipinski definition) is 4. The molecule has 3 fully saturated rings. The van der Waals surface area contributed by atoms with E-state index in [1.54, 1.807) is 11.8 Å². The summed E-state index contributed by atoms with van der Waals surface area (Å²) in [4.78, 5) is 34.0. The Labute approximate surface area is 209 Å². The zero-order valence-corrected chi connectivity index (χ0v) is 20.5. The molecule has 0 spiro atoms. The first-order valence-corrected chi connectivity index (χ1v) is 13.3. The first-order valence-electron chi connectivity index (χ1n) is 12.4. The van der Waals surface area contributed by atoms with Crippen molar-refractivity contribution in [3.05, 3.63) is 58.8 Å². The van der Waals surface area contributed by atoms with Crippen molar-refractivity contribution >= 4 is 29.4 Å². The summed E-state index contributed by atoms with van der Waals surface area (Å²) in [5, 5.41) is 13.3. The number of urea groups is 1. The Bertz CT molecular complexity index is 1180. The van der Waals surface area contributed by atoms with Crippen molar-refractivity contribution in [2.24, 2.45) is 5.92 Å². The number of amides is 3. The van der Waals surface area contributed by atoms with E-state index in [0.717, 1.165) is 67.2 Å². The summed E-state index contributed by atoms with van der Waals surface area (Å²) in [6.45, 7) is 4.55. The van der Waals surface area contributed by atoms with Gasteiger partial charge in [0.25, 0.3) is 5.91 Å². The number of nitrogens with zero attached hydrogens (tertiary/aromatic N) is 2. The molecule has 8 nitrogen and oxygen atoms in total. The van der Waals surface area contributed by atoms with Crippen molar-refractivity contribution < 1.29 is 9.59 Å². The highest BCUT2D eigenvalue weighted by Crippen LogP contribution is 2.48. The fourth-order valence-electron chi connectivity index (χ4n) is 5.69. The number of thioether (sulfide) groups is 1.